The minimum Gasteiger partial charge on any atom is -0.431 e. The van der Waals surface area contributed by atoms with Crippen LogP contribution in [0, 0.1) is 6.92 Å². The molecule has 1 amide bonds. The summed E-state index contributed by atoms with van der Waals surface area (Å²) in [7, 11) is 0. The Hall–Kier alpha value is -2.18. The van der Waals surface area contributed by atoms with Gasteiger partial charge in [-0.15, -0.1) is 0 Å². The van der Waals surface area contributed by atoms with Crippen molar-refractivity contribution in [2.24, 2.45) is 0 Å². The largest absolute Gasteiger partial charge is 0.431 e. The van der Waals surface area contributed by atoms with E-state index in [1.54, 1.807) is 0 Å². The van der Waals surface area contributed by atoms with Crippen molar-refractivity contribution in [2.45, 2.75) is 19.4 Å². The molecule has 2 fully saturated rings. The van der Waals surface area contributed by atoms with Crippen LogP contribution in [0.3, 0.4) is 0 Å². The van der Waals surface area contributed by atoms with Gasteiger partial charge in [0.2, 0.25) is 11.7 Å². The third-order valence-corrected chi connectivity index (χ3v) is 5.13. The van der Waals surface area contributed by atoms with Gasteiger partial charge < -0.3 is 14.6 Å². The van der Waals surface area contributed by atoms with Crippen LogP contribution < -0.4 is 5.32 Å². The standard InChI is InChI=1S/C19H24N4O2/c1-14-17(25-18(21-14)15-5-3-2-4-6-15)19(24)23-10-7-16(13-23)22-11-8-20-9-12-22/h2-6,16,20H,7-13H2,1H3. The van der Waals surface area contributed by atoms with Crippen molar-refractivity contribution >= 4 is 5.91 Å². The number of hydrogen-bond donors (Lipinski definition) is 1. The molecule has 0 radical (unpaired) electrons. The summed E-state index contributed by atoms with van der Waals surface area (Å²) in [5, 5.41) is 3.38. The van der Waals surface area contributed by atoms with Crippen molar-refractivity contribution in [1.82, 2.24) is 20.1 Å². The number of aryl methyl sites for hydroxylation is 1. The molecule has 0 saturated carbocycles. The number of carbonyl (C=O) groups excluding carboxylic acids is 1. The quantitative estimate of drug-likeness (QED) is 0.923. The molecule has 2 saturated heterocycles. The first-order valence-corrected chi connectivity index (χ1v) is 8.99. The predicted octanol–water partition coefficient (Wildman–Crippen LogP) is 1.77. The van der Waals surface area contributed by atoms with Crippen molar-refractivity contribution in [2.75, 3.05) is 39.3 Å². The first kappa shape index (κ1) is 16.3. The van der Waals surface area contributed by atoms with E-state index >= 15 is 0 Å². The van der Waals surface area contributed by atoms with E-state index in [0.717, 1.165) is 51.3 Å². The molecule has 2 aliphatic rings. The van der Waals surface area contributed by atoms with Crippen LogP contribution in [0.15, 0.2) is 34.7 Å². The van der Waals surface area contributed by atoms with E-state index in [0.29, 0.717) is 23.4 Å². The lowest BCUT2D eigenvalue weighted by Crippen LogP contribution is -2.49. The second-order valence-corrected chi connectivity index (χ2v) is 6.78. The molecule has 6 nitrogen and oxygen atoms in total. The van der Waals surface area contributed by atoms with Crippen LogP contribution in [-0.4, -0.2) is 66.0 Å². The van der Waals surface area contributed by atoms with Gasteiger partial charge in [0.05, 0.1) is 5.69 Å². The molecule has 0 aliphatic carbocycles. The van der Waals surface area contributed by atoms with Crippen LogP contribution in [0.4, 0.5) is 0 Å². The average Bonchev–Trinajstić information content (AvgIpc) is 3.30. The Balaban J connectivity index is 1.47. The maximum Gasteiger partial charge on any atom is 0.291 e. The zero-order valence-electron chi connectivity index (χ0n) is 14.6. The highest BCUT2D eigenvalue weighted by molar-refractivity contribution is 5.93. The lowest BCUT2D eigenvalue weighted by Gasteiger charge is -2.32. The molecule has 0 spiro atoms. The van der Waals surface area contributed by atoms with Crippen molar-refractivity contribution < 1.29 is 9.21 Å². The first-order chi connectivity index (χ1) is 12.2. The maximum absolute atomic E-state index is 12.9. The maximum atomic E-state index is 12.9. The molecule has 1 atom stereocenters. The van der Waals surface area contributed by atoms with Crippen molar-refractivity contribution in [1.29, 1.82) is 0 Å². The minimum absolute atomic E-state index is 0.0372. The summed E-state index contributed by atoms with van der Waals surface area (Å²) in [6.45, 7) is 7.59. The fourth-order valence-corrected chi connectivity index (χ4v) is 3.71. The lowest BCUT2D eigenvalue weighted by atomic mass is 10.2. The molecule has 1 aromatic heterocycles. The van der Waals surface area contributed by atoms with Gasteiger partial charge in [-0.25, -0.2) is 4.98 Å². The summed E-state index contributed by atoms with van der Waals surface area (Å²) in [6.07, 6.45) is 1.03. The smallest absolute Gasteiger partial charge is 0.291 e. The van der Waals surface area contributed by atoms with E-state index in [4.69, 9.17) is 4.42 Å². The number of likely N-dealkylation sites (tertiary alicyclic amines) is 1. The van der Waals surface area contributed by atoms with Gasteiger partial charge in [0, 0.05) is 50.9 Å². The number of benzene rings is 1. The number of rotatable bonds is 3. The van der Waals surface area contributed by atoms with Crippen LogP contribution in [0.25, 0.3) is 11.5 Å². The molecule has 1 unspecified atom stereocenters. The number of piperazine rings is 1. The van der Waals surface area contributed by atoms with Gasteiger partial charge in [-0.05, 0) is 25.5 Å². The molecule has 6 heteroatoms. The number of nitrogens with zero attached hydrogens (tertiary/aromatic N) is 3. The van der Waals surface area contributed by atoms with E-state index in [1.165, 1.54) is 0 Å². The summed E-state index contributed by atoms with van der Waals surface area (Å²) in [5.41, 5.74) is 1.55. The molecule has 4 rings (SSSR count). The summed E-state index contributed by atoms with van der Waals surface area (Å²) >= 11 is 0. The number of nitrogens with one attached hydrogen (secondary N) is 1. The molecular weight excluding hydrogens is 316 g/mol. The van der Waals surface area contributed by atoms with Crippen LogP contribution in [-0.2, 0) is 0 Å². The summed E-state index contributed by atoms with van der Waals surface area (Å²) in [5.74, 6) is 0.851. The molecule has 132 valence electrons. The molecule has 25 heavy (non-hydrogen) atoms. The Bertz CT molecular complexity index is 737. The zero-order chi connectivity index (χ0) is 17.2. The first-order valence-electron chi connectivity index (χ1n) is 8.99. The van der Waals surface area contributed by atoms with Crippen molar-refractivity contribution in [3.63, 3.8) is 0 Å². The number of aromatic nitrogens is 1. The van der Waals surface area contributed by atoms with E-state index in [2.05, 4.69) is 15.2 Å². The van der Waals surface area contributed by atoms with Crippen LogP contribution in [0.5, 0.6) is 0 Å². The van der Waals surface area contributed by atoms with Gasteiger partial charge in [0.15, 0.2) is 0 Å². The molecular formula is C19H24N4O2. The van der Waals surface area contributed by atoms with E-state index in [9.17, 15) is 4.79 Å². The monoisotopic (exact) mass is 340 g/mol. The lowest BCUT2D eigenvalue weighted by molar-refractivity contribution is 0.0742. The third kappa shape index (κ3) is 3.32. The average molecular weight is 340 g/mol. The number of oxazole rings is 1. The molecule has 1 N–H and O–H groups in total. The van der Waals surface area contributed by atoms with E-state index in [1.807, 2.05) is 42.2 Å². The van der Waals surface area contributed by atoms with Gasteiger partial charge in [-0.2, -0.15) is 0 Å². The molecule has 2 aliphatic heterocycles. The Morgan fingerprint density at radius 1 is 1.20 bits per heavy atom. The number of carbonyl (C=O) groups is 1. The number of amides is 1. The minimum atomic E-state index is -0.0372. The van der Waals surface area contributed by atoms with Crippen molar-refractivity contribution in [3.8, 4) is 11.5 Å². The molecule has 0 bridgehead atoms. The third-order valence-electron chi connectivity index (χ3n) is 5.13. The topological polar surface area (TPSA) is 61.6 Å². The van der Waals surface area contributed by atoms with Gasteiger partial charge in [-0.3, -0.25) is 9.69 Å². The van der Waals surface area contributed by atoms with Gasteiger partial charge in [-0.1, -0.05) is 18.2 Å². The number of hydrogen-bond acceptors (Lipinski definition) is 5. The van der Waals surface area contributed by atoms with Crippen LogP contribution >= 0.6 is 0 Å². The summed E-state index contributed by atoms with van der Waals surface area (Å²) < 4.78 is 5.83. The SMILES string of the molecule is Cc1nc(-c2ccccc2)oc1C(=O)N1CCC(N2CCNCC2)C1. The fraction of sp³-hybridized carbons (Fsp3) is 0.474. The normalized spacial score (nSPS) is 21.6. The molecule has 2 aromatic rings. The predicted molar refractivity (Wildman–Crippen MR) is 95.4 cm³/mol. The highest BCUT2D eigenvalue weighted by atomic mass is 16.4. The van der Waals surface area contributed by atoms with Crippen LogP contribution in [0.1, 0.15) is 22.7 Å². The molecule has 1 aromatic carbocycles. The highest BCUT2D eigenvalue weighted by Crippen LogP contribution is 2.24. The second-order valence-electron chi connectivity index (χ2n) is 6.78. The zero-order valence-corrected chi connectivity index (χ0v) is 14.6. The highest BCUT2D eigenvalue weighted by Gasteiger charge is 2.33. The fourth-order valence-electron chi connectivity index (χ4n) is 3.71. The van der Waals surface area contributed by atoms with Gasteiger partial charge in [0.25, 0.3) is 5.91 Å². The van der Waals surface area contributed by atoms with E-state index < -0.39 is 0 Å². The second kappa shape index (κ2) is 6.98. The summed E-state index contributed by atoms with van der Waals surface area (Å²) in [4.78, 5) is 21.8. The van der Waals surface area contributed by atoms with Crippen LogP contribution in [0.2, 0.25) is 0 Å². The Kier molecular flexibility index (Phi) is 4.55. The van der Waals surface area contributed by atoms with E-state index in [-0.39, 0.29) is 5.91 Å². The summed E-state index contributed by atoms with van der Waals surface area (Å²) in [6, 6.07) is 10.2. The Morgan fingerprint density at radius 3 is 2.72 bits per heavy atom. The van der Waals surface area contributed by atoms with Crippen molar-refractivity contribution in [3.05, 3.63) is 41.8 Å². The van der Waals surface area contributed by atoms with Gasteiger partial charge in [0.1, 0.15) is 0 Å². The van der Waals surface area contributed by atoms with Gasteiger partial charge >= 0.3 is 0 Å². The Labute approximate surface area is 147 Å². The Morgan fingerprint density at radius 2 is 1.96 bits per heavy atom. The molecule has 3 heterocycles.